The normalized spacial score (nSPS) is 23.1. The Balaban J connectivity index is 1.63. The number of pyridine rings is 1. The van der Waals surface area contributed by atoms with Gasteiger partial charge in [0.05, 0.1) is 12.6 Å². The zero-order valence-corrected chi connectivity index (χ0v) is 14.5. The van der Waals surface area contributed by atoms with Crippen molar-refractivity contribution in [3.05, 3.63) is 42.1 Å². The quantitative estimate of drug-likeness (QED) is 0.927. The smallest absolute Gasteiger partial charge is 0.221 e. The van der Waals surface area contributed by atoms with Crippen LogP contribution in [0, 0.1) is 0 Å². The molecule has 0 amide bonds. The number of aliphatic hydroxyl groups excluding tert-OH is 1. The first-order chi connectivity index (χ1) is 12.3. The van der Waals surface area contributed by atoms with Crippen molar-refractivity contribution in [1.29, 1.82) is 0 Å². The Bertz CT molecular complexity index is 743. The molecule has 4 rings (SSSR count). The number of benzene rings is 1. The lowest BCUT2D eigenvalue weighted by molar-refractivity contribution is 0.0140. The number of ether oxygens (including phenoxy) is 2. The molecule has 25 heavy (non-hydrogen) atoms. The monoisotopic (exact) mass is 340 g/mol. The Morgan fingerprint density at radius 2 is 2.12 bits per heavy atom. The van der Waals surface area contributed by atoms with Crippen LogP contribution in [0.25, 0.3) is 11.1 Å². The minimum Gasteiger partial charge on any atom is -0.491 e. The van der Waals surface area contributed by atoms with E-state index in [0.29, 0.717) is 19.1 Å². The van der Waals surface area contributed by atoms with Crippen molar-refractivity contribution in [3.8, 4) is 22.8 Å². The number of aliphatic hydroxyl groups is 1. The summed E-state index contributed by atoms with van der Waals surface area (Å²) in [7, 11) is 0. The zero-order valence-electron chi connectivity index (χ0n) is 14.5. The molecule has 2 aliphatic rings. The molecule has 0 saturated carbocycles. The van der Waals surface area contributed by atoms with Gasteiger partial charge in [-0.25, -0.2) is 4.98 Å². The molecule has 2 atom stereocenters. The molecule has 1 aromatic carbocycles. The second-order valence-corrected chi connectivity index (χ2v) is 6.61. The van der Waals surface area contributed by atoms with Gasteiger partial charge in [-0.05, 0) is 56.6 Å². The summed E-state index contributed by atoms with van der Waals surface area (Å²) in [5.41, 5.74) is 2.79. The van der Waals surface area contributed by atoms with Crippen molar-refractivity contribution < 1.29 is 14.6 Å². The standard InChI is InChI=1S/C20H24N2O3/c1-2-24-20-15(6-5-9-21-20)14-7-8-16-18(12-14)25-13-17(19(16)23)22-10-3-4-11-22/h5-9,12,17,19,23H,2-4,10-11,13H2,1H3/t17-,19-/m1/s1. The van der Waals surface area contributed by atoms with Crippen molar-refractivity contribution in [2.24, 2.45) is 0 Å². The number of likely N-dealkylation sites (tertiary alicyclic amines) is 1. The third-order valence-corrected chi connectivity index (χ3v) is 5.08. The number of hydrogen-bond acceptors (Lipinski definition) is 5. The molecule has 0 unspecified atom stereocenters. The number of fused-ring (bicyclic) bond motifs is 1. The van der Waals surface area contributed by atoms with Gasteiger partial charge in [0.15, 0.2) is 0 Å². The molecule has 132 valence electrons. The predicted molar refractivity (Wildman–Crippen MR) is 95.9 cm³/mol. The number of aromatic nitrogens is 1. The average Bonchev–Trinajstić information content (AvgIpc) is 3.17. The van der Waals surface area contributed by atoms with E-state index in [2.05, 4.69) is 9.88 Å². The first kappa shape index (κ1) is 16.4. The summed E-state index contributed by atoms with van der Waals surface area (Å²) in [6.07, 6.45) is 3.64. The van der Waals surface area contributed by atoms with Crippen LogP contribution in [0.1, 0.15) is 31.4 Å². The largest absolute Gasteiger partial charge is 0.491 e. The van der Waals surface area contributed by atoms with Gasteiger partial charge in [-0.2, -0.15) is 0 Å². The zero-order chi connectivity index (χ0) is 17.2. The lowest BCUT2D eigenvalue weighted by Gasteiger charge is -2.36. The fraction of sp³-hybridized carbons (Fsp3) is 0.450. The van der Waals surface area contributed by atoms with Gasteiger partial charge < -0.3 is 14.6 Å². The maximum atomic E-state index is 10.8. The van der Waals surface area contributed by atoms with Gasteiger partial charge in [-0.1, -0.05) is 12.1 Å². The first-order valence-corrected chi connectivity index (χ1v) is 9.05. The summed E-state index contributed by atoms with van der Waals surface area (Å²) in [4.78, 5) is 6.66. The van der Waals surface area contributed by atoms with Crippen molar-refractivity contribution in [1.82, 2.24) is 9.88 Å². The molecule has 0 aliphatic carbocycles. The van der Waals surface area contributed by atoms with Crippen LogP contribution in [0.15, 0.2) is 36.5 Å². The topological polar surface area (TPSA) is 54.8 Å². The van der Waals surface area contributed by atoms with Crippen LogP contribution in [0.2, 0.25) is 0 Å². The lowest BCUT2D eigenvalue weighted by Crippen LogP contribution is -2.44. The third kappa shape index (κ3) is 3.10. The van der Waals surface area contributed by atoms with Crippen LogP contribution in [0.4, 0.5) is 0 Å². The van der Waals surface area contributed by atoms with Gasteiger partial charge in [0.2, 0.25) is 5.88 Å². The van der Waals surface area contributed by atoms with Crippen LogP contribution in [-0.2, 0) is 0 Å². The highest BCUT2D eigenvalue weighted by atomic mass is 16.5. The Kier molecular flexibility index (Phi) is 4.59. The predicted octanol–water partition coefficient (Wildman–Crippen LogP) is 3.04. The van der Waals surface area contributed by atoms with Crippen molar-refractivity contribution in [2.45, 2.75) is 31.9 Å². The van der Waals surface area contributed by atoms with E-state index in [1.807, 2.05) is 37.3 Å². The van der Waals surface area contributed by atoms with Crippen LogP contribution >= 0.6 is 0 Å². The highest BCUT2D eigenvalue weighted by Crippen LogP contribution is 2.39. The summed E-state index contributed by atoms with van der Waals surface area (Å²) in [5.74, 6) is 1.38. The Morgan fingerprint density at radius 3 is 2.92 bits per heavy atom. The molecule has 2 aliphatic heterocycles. The van der Waals surface area contributed by atoms with Gasteiger partial charge in [0.1, 0.15) is 18.5 Å². The van der Waals surface area contributed by atoms with Crippen LogP contribution in [0.5, 0.6) is 11.6 Å². The molecule has 1 N–H and O–H groups in total. The summed E-state index contributed by atoms with van der Waals surface area (Å²) >= 11 is 0. The molecule has 1 aromatic heterocycles. The van der Waals surface area contributed by atoms with Crippen LogP contribution in [-0.4, -0.2) is 47.3 Å². The van der Waals surface area contributed by atoms with Gasteiger partial charge in [0, 0.05) is 17.3 Å². The summed E-state index contributed by atoms with van der Waals surface area (Å²) in [6, 6.07) is 9.91. The summed E-state index contributed by atoms with van der Waals surface area (Å²) in [6.45, 7) is 5.14. The number of nitrogens with zero attached hydrogens (tertiary/aromatic N) is 2. The summed E-state index contributed by atoms with van der Waals surface area (Å²) < 4.78 is 11.7. The minimum atomic E-state index is -0.504. The SMILES string of the molecule is CCOc1ncccc1-c1ccc2c(c1)OC[C@@H](N1CCCC1)[C@@H]2O. The fourth-order valence-electron chi connectivity index (χ4n) is 3.79. The second kappa shape index (κ2) is 7.02. The molecule has 3 heterocycles. The van der Waals surface area contributed by atoms with Gasteiger partial charge >= 0.3 is 0 Å². The lowest BCUT2D eigenvalue weighted by atomic mass is 9.95. The average molecular weight is 340 g/mol. The van der Waals surface area contributed by atoms with E-state index in [1.165, 1.54) is 12.8 Å². The van der Waals surface area contributed by atoms with Gasteiger partial charge in [0.25, 0.3) is 0 Å². The number of rotatable bonds is 4. The molecule has 0 radical (unpaired) electrons. The maximum absolute atomic E-state index is 10.8. The van der Waals surface area contributed by atoms with Gasteiger partial charge in [-0.3, -0.25) is 4.90 Å². The molecule has 0 bridgehead atoms. The molecule has 0 spiro atoms. The Hall–Kier alpha value is -2.11. The van der Waals surface area contributed by atoms with Crippen LogP contribution < -0.4 is 9.47 Å². The second-order valence-electron chi connectivity index (χ2n) is 6.61. The van der Waals surface area contributed by atoms with Gasteiger partial charge in [-0.15, -0.1) is 0 Å². The van der Waals surface area contributed by atoms with Crippen molar-refractivity contribution in [3.63, 3.8) is 0 Å². The van der Waals surface area contributed by atoms with E-state index < -0.39 is 6.10 Å². The maximum Gasteiger partial charge on any atom is 0.221 e. The molecular formula is C20H24N2O3. The Morgan fingerprint density at radius 1 is 1.28 bits per heavy atom. The molecule has 1 fully saturated rings. The fourth-order valence-corrected chi connectivity index (χ4v) is 3.79. The van der Waals surface area contributed by atoms with E-state index in [0.717, 1.165) is 35.5 Å². The van der Waals surface area contributed by atoms with Crippen LogP contribution in [0.3, 0.4) is 0 Å². The molecule has 2 aromatic rings. The van der Waals surface area contributed by atoms with E-state index in [-0.39, 0.29) is 6.04 Å². The van der Waals surface area contributed by atoms with E-state index >= 15 is 0 Å². The van der Waals surface area contributed by atoms with Crippen molar-refractivity contribution in [2.75, 3.05) is 26.3 Å². The third-order valence-electron chi connectivity index (χ3n) is 5.08. The summed E-state index contributed by atoms with van der Waals surface area (Å²) in [5, 5.41) is 10.8. The van der Waals surface area contributed by atoms with E-state index in [1.54, 1.807) is 6.20 Å². The molecule has 5 heteroatoms. The minimum absolute atomic E-state index is 0.0539. The van der Waals surface area contributed by atoms with E-state index in [9.17, 15) is 5.11 Å². The molecule has 5 nitrogen and oxygen atoms in total. The highest BCUT2D eigenvalue weighted by Gasteiger charge is 2.35. The molecule has 1 saturated heterocycles. The van der Waals surface area contributed by atoms with Crippen molar-refractivity contribution >= 4 is 0 Å². The highest BCUT2D eigenvalue weighted by molar-refractivity contribution is 5.70. The van der Waals surface area contributed by atoms with E-state index in [4.69, 9.17) is 9.47 Å². The Labute approximate surface area is 148 Å². The first-order valence-electron chi connectivity index (χ1n) is 9.05. The number of hydrogen-bond donors (Lipinski definition) is 1. The molecular weight excluding hydrogens is 316 g/mol.